The molecule has 0 spiro atoms. The van der Waals surface area contributed by atoms with Gasteiger partial charge in [0.25, 0.3) is 5.91 Å². The molecular formula is C24H24N2OS. The molecule has 3 nitrogen and oxygen atoms in total. The number of likely N-dealkylation sites (tertiary alicyclic amines) is 1. The number of nitrogens with zero attached hydrogens (tertiary/aromatic N) is 1. The molecule has 0 aliphatic carbocycles. The molecule has 1 aliphatic heterocycles. The fourth-order valence-corrected chi connectivity index (χ4v) is 4.30. The molecule has 1 heterocycles. The molecule has 1 unspecified atom stereocenters. The van der Waals surface area contributed by atoms with Crippen LogP contribution in [-0.4, -0.2) is 29.9 Å². The average Bonchev–Trinajstić information content (AvgIpc) is 3.22. The van der Waals surface area contributed by atoms with Crippen LogP contribution in [0.1, 0.15) is 22.3 Å². The topological polar surface area (TPSA) is 32.3 Å². The van der Waals surface area contributed by atoms with Crippen molar-refractivity contribution >= 4 is 23.4 Å². The van der Waals surface area contributed by atoms with E-state index < -0.39 is 0 Å². The number of nitrogens with one attached hydrogen (secondary N) is 1. The second-order valence-corrected chi connectivity index (χ2v) is 8.09. The van der Waals surface area contributed by atoms with Crippen molar-refractivity contribution in [1.82, 2.24) is 4.90 Å². The van der Waals surface area contributed by atoms with Gasteiger partial charge in [-0.25, -0.2) is 0 Å². The first-order valence-corrected chi connectivity index (χ1v) is 10.6. The van der Waals surface area contributed by atoms with E-state index in [1.54, 1.807) is 11.8 Å². The maximum atomic E-state index is 12.8. The lowest BCUT2D eigenvalue weighted by atomic mass is 10.2. The van der Waals surface area contributed by atoms with Gasteiger partial charge in [-0.05, 0) is 48.4 Å². The zero-order chi connectivity index (χ0) is 19.2. The van der Waals surface area contributed by atoms with Gasteiger partial charge in [-0.3, -0.25) is 4.79 Å². The number of carbonyl (C=O) groups is 1. The normalized spacial score (nSPS) is 16.1. The molecule has 1 aliphatic rings. The van der Waals surface area contributed by atoms with Crippen LogP contribution in [0.2, 0.25) is 0 Å². The number of carbonyl (C=O) groups excluding carboxylic acids is 1. The van der Waals surface area contributed by atoms with Gasteiger partial charge >= 0.3 is 0 Å². The maximum Gasteiger partial charge on any atom is 0.253 e. The second-order valence-electron chi connectivity index (χ2n) is 7.05. The summed E-state index contributed by atoms with van der Waals surface area (Å²) in [6, 6.07) is 28.9. The summed E-state index contributed by atoms with van der Waals surface area (Å²) in [5.41, 5.74) is 3.19. The van der Waals surface area contributed by atoms with Crippen LogP contribution in [0, 0.1) is 0 Å². The van der Waals surface area contributed by atoms with E-state index in [2.05, 4.69) is 53.8 Å². The first-order chi connectivity index (χ1) is 13.8. The molecule has 1 amide bonds. The van der Waals surface area contributed by atoms with E-state index in [0.717, 1.165) is 36.5 Å². The first kappa shape index (κ1) is 18.6. The Morgan fingerprint density at radius 1 is 0.929 bits per heavy atom. The number of hydrogen-bond donors (Lipinski definition) is 1. The molecule has 1 N–H and O–H groups in total. The number of anilines is 1. The summed E-state index contributed by atoms with van der Waals surface area (Å²) in [5.74, 6) is 1.06. The van der Waals surface area contributed by atoms with Gasteiger partial charge < -0.3 is 10.2 Å². The molecule has 3 aromatic rings. The summed E-state index contributed by atoms with van der Waals surface area (Å²) < 4.78 is 0. The van der Waals surface area contributed by atoms with Crippen LogP contribution < -0.4 is 5.32 Å². The van der Waals surface area contributed by atoms with Crippen molar-refractivity contribution in [2.45, 2.75) is 23.1 Å². The van der Waals surface area contributed by atoms with Gasteiger partial charge in [-0.15, -0.1) is 11.8 Å². The van der Waals surface area contributed by atoms with E-state index in [0.29, 0.717) is 6.04 Å². The molecule has 1 saturated heterocycles. The van der Waals surface area contributed by atoms with Gasteiger partial charge in [0, 0.05) is 41.0 Å². The van der Waals surface area contributed by atoms with Crippen molar-refractivity contribution in [3.05, 3.63) is 96.1 Å². The summed E-state index contributed by atoms with van der Waals surface area (Å²) in [7, 11) is 0. The van der Waals surface area contributed by atoms with Crippen molar-refractivity contribution in [1.29, 1.82) is 0 Å². The zero-order valence-electron chi connectivity index (χ0n) is 15.8. The van der Waals surface area contributed by atoms with Crippen molar-refractivity contribution in [3.63, 3.8) is 0 Å². The molecule has 0 bridgehead atoms. The average molecular weight is 389 g/mol. The Bertz CT molecular complexity index is 897. The minimum atomic E-state index is 0.122. The zero-order valence-corrected chi connectivity index (χ0v) is 16.6. The van der Waals surface area contributed by atoms with Gasteiger partial charge in [0.05, 0.1) is 0 Å². The Morgan fingerprint density at radius 2 is 1.61 bits per heavy atom. The first-order valence-electron chi connectivity index (χ1n) is 9.65. The van der Waals surface area contributed by atoms with Crippen LogP contribution in [0.4, 0.5) is 5.69 Å². The number of hydrogen-bond acceptors (Lipinski definition) is 3. The van der Waals surface area contributed by atoms with Crippen molar-refractivity contribution in [2.75, 3.05) is 18.4 Å². The standard InChI is InChI=1S/C24H24N2OS/c27-24(26-16-15-22(17-26)25-21-9-5-2-6-10-21)20-11-13-23(14-12-20)28-18-19-7-3-1-4-8-19/h1-14,22,25H,15-18H2. The van der Waals surface area contributed by atoms with E-state index >= 15 is 0 Å². The van der Waals surface area contributed by atoms with Gasteiger partial charge in [-0.2, -0.15) is 0 Å². The van der Waals surface area contributed by atoms with Crippen LogP contribution in [0.15, 0.2) is 89.8 Å². The Balaban J connectivity index is 1.31. The van der Waals surface area contributed by atoms with Gasteiger partial charge in [0.1, 0.15) is 0 Å². The summed E-state index contributed by atoms with van der Waals surface area (Å²) in [5, 5.41) is 3.52. The third-order valence-corrected chi connectivity index (χ3v) is 6.05. The molecule has 1 atom stereocenters. The third kappa shape index (κ3) is 4.76. The molecule has 0 radical (unpaired) electrons. The number of amides is 1. The highest BCUT2D eigenvalue weighted by atomic mass is 32.2. The van der Waals surface area contributed by atoms with Gasteiger partial charge in [-0.1, -0.05) is 48.5 Å². The molecule has 142 valence electrons. The van der Waals surface area contributed by atoms with E-state index in [9.17, 15) is 4.79 Å². The fourth-order valence-electron chi connectivity index (χ4n) is 3.45. The predicted molar refractivity (Wildman–Crippen MR) is 117 cm³/mol. The lowest BCUT2D eigenvalue weighted by Crippen LogP contribution is -2.31. The minimum Gasteiger partial charge on any atom is -0.380 e. The quantitative estimate of drug-likeness (QED) is 0.581. The molecule has 28 heavy (non-hydrogen) atoms. The highest BCUT2D eigenvalue weighted by molar-refractivity contribution is 7.98. The number of thioether (sulfide) groups is 1. The molecule has 4 heteroatoms. The molecule has 0 aromatic heterocycles. The van der Waals surface area contributed by atoms with E-state index in [4.69, 9.17) is 0 Å². The summed E-state index contributed by atoms with van der Waals surface area (Å²) in [4.78, 5) is 16.0. The molecule has 1 fully saturated rings. The van der Waals surface area contributed by atoms with Gasteiger partial charge in [0.2, 0.25) is 0 Å². The van der Waals surface area contributed by atoms with E-state index in [1.807, 2.05) is 41.3 Å². The van der Waals surface area contributed by atoms with Crippen LogP contribution >= 0.6 is 11.8 Å². The SMILES string of the molecule is O=C(c1ccc(SCc2ccccc2)cc1)N1CCC(Nc2ccccc2)C1. The highest BCUT2D eigenvalue weighted by Crippen LogP contribution is 2.24. The molecular weight excluding hydrogens is 364 g/mol. The summed E-state index contributed by atoms with van der Waals surface area (Å²) >= 11 is 1.79. The van der Waals surface area contributed by atoms with Crippen molar-refractivity contribution < 1.29 is 4.79 Å². The molecule has 3 aromatic carbocycles. The number of benzene rings is 3. The Labute approximate surface area is 170 Å². The minimum absolute atomic E-state index is 0.122. The lowest BCUT2D eigenvalue weighted by Gasteiger charge is -2.18. The lowest BCUT2D eigenvalue weighted by molar-refractivity contribution is 0.0791. The Kier molecular flexibility index (Phi) is 5.98. The fraction of sp³-hybridized carbons (Fsp3) is 0.208. The van der Waals surface area contributed by atoms with Crippen LogP contribution in [-0.2, 0) is 5.75 Å². The monoisotopic (exact) mass is 388 g/mol. The smallest absolute Gasteiger partial charge is 0.253 e. The molecule has 0 saturated carbocycles. The summed E-state index contributed by atoms with van der Waals surface area (Å²) in [6.07, 6.45) is 0.978. The Morgan fingerprint density at radius 3 is 2.32 bits per heavy atom. The summed E-state index contributed by atoms with van der Waals surface area (Å²) in [6.45, 7) is 1.55. The highest BCUT2D eigenvalue weighted by Gasteiger charge is 2.26. The van der Waals surface area contributed by atoms with Crippen LogP contribution in [0.3, 0.4) is 0 Å². The van der Waals surface area contributed by atoms with Gasteiger partial charge in [0.15, 0.2) is 0 Å². The largest absolute Gasteiger partial charge is 0.380 e. The predicted octanol–water partition coefficient (Wildman–Crippen LogP) is 5.31. The van der Waals surface area contributed by atoms with E-state index in [1.165, 1.54) is 10.5 Å². The second kappa shape index (κ2) is 8.98. The molecule has 4 rings (SSSR count). The van der Waals surface area contributed by atoms with Crippen molar-refractivity contribution in [3.8, 4) is 0 Å². The maximum absolute atomic E-state index is 12.8. The number of para-hydroxylation sites is 1. The number of rotatable bonds is 6. The third-order valence-electron chi connectivity index (χ3n) is 4.97. The Hall–Kier alpha value is -2.72. The van der Waals surface area contributed by atoms with E-state index in [-0.39, 0.29) is 5.91 Å². The van der Waals surface area contributed by atoms with Crippen LogP contribution in [0.5, 0.6) is 0 Å². The van der Waals surface area contributed by atoms with Crippen LogP contribution in [0.25, 0.3) is 0 Å². The van der Waals surface area contributed by atoms with Crippen molar-refractivity contribution in [2.24, 2.45) is 0 Å².